The van der Waals surface area contributed by atoms with Gasteiger partial charge < -0.3 is 14.2 Å². The third kappa shape index (κ3) is 2.38. The number of rotatable bonds is 3. The van der Waals surface area contributed by atoms with E-state index >= 15 is 0 Å². The van der Waals surface area contributed by atoms with Crippen LogP contribution in [0.3, 0.4) is 0 Å². The van der Waals surface area contributed by atoms with Crippen LogP contribution in [0.4, 0.5) is 0 Å². The van der Waals surface area contributed by atoms with E-state index in [2.05, 4.69) is 6.07 Å². The minimum absolute atomic E-state index is 0.105. The van der Waals surface area contributed by atoms with E-state index in [0.29, 0.717) is 18.1 Å². The Hall–Kier alpha value is -2.22. The van der Waals surface area contributed by atoms with Crippen LogP contribution in [0.25, 0.3) is 0 Å². The lowest BCUT2D eigenvalue weighted by Gasteiger charge is -2.26. The van der Waals surface area contributed by atoms with Gasteiger partial charge in [0.25, 0.3) is 0 Å². The van der Waals surface area contributed by atoms with Crippen LogP contribution < -0.4 is 9.47 Å². The first-order chi connectivity index (χ1) is 8.76. The van der Waals surface area contributed by atoms with Gasteiger partial charge in [-0.25, -0.2) is 4.79 Å². The molecule has 94 valence electrons. The van der Waals surface area contributed by atoms with Gasteiger partial charge in [0.2, 0.25) is 6.10 Å². The van der Waals surface area contributed by atoms with Gasteiger partial charge in [0.1, 0.15) is 6.61 Å². The highest BCUT2D eigenvalue weighted by atomic mass is 16.6. The molecule has 1 heterocycles. The molecule has 0 radical (unpaired) electrons. The predicted molar refractivity (Wildman–Crippen MR) is 62.3 cm³/mol. The maximum Gasteiger partial charge on any atom is 0.350 e. The van der Waals surface area contributed by atoms with Crippen molar-refractivity contribution in [3.05, 3.63) is 23.8 Å². The lowest BCUT2D eigenvalue weighted by molar-refractivity contribution is -0.153. The van der Waals surface area contributed by atoms with Gasteiger partial charge in [-0.15, -0.1) is 0 Å². The summed E-state index contributed by atoms with van der Waals surface area (Å²) in [6.07, 6.45) is -0.494. The molecule has 1 aromatic rings. The molecule has 0 saturated heterocycles. The maximum absolute atomic E-state index is 11.5. The van der Waals surface area contributed by atoms with Crippen LogP contribution in [-0.2, 0) is 16.0 Å². The highest BCUT2D eigenvalue weighted by molar-refractivity contribution is 5.76. The SMILES string of the molecule is CCOC(=O)C1COc2c(CC#N)cccc2O1. The van der Waals surface area contributed by atoms with E-state index in [-0.39, 0.29) is 13.0 Å². The molecule has 5 nitrogen and oxygen atoms in total. The quantitative estimate of drug-likeness (QED) is 0.756. The van der Waals surface area contributed by atoms with Crippen molar-refractivity contribution in [2.75, 3.05) is 13.2 Å². The van der Waals surface area contributed by atoms with E-state index in [1.807, 2.05) is 0 Å². The van der Waals surface area contributed by atoms with Gasteiger partial charge in [-0.05, 0) is 13.0 Å². The van der Waals surface area contributed by atoms with Crippen molar-refractivity contribution in [2.45, 2.75) is 19.4 Å². The molecule has 0 fully saturated rings. The molecule has 18 heavy (non-hydrogen) atoms. The number of ether oxygens (including phenoxy) is 3. The number of fused-ring (bicyclic) bond motifs is 1. The fourth-order valence-electron chi connectivity index (χ4n) is 1.74. The first kappa shape index (κ1) is 12.2. The maximum atomic E-state index is 11.5. The molecule has 0 aromatic heterocycles. The Morgan fingerprint density at radius 2 is 2.44 bits per heavy atom. The Kier molecular flexibility index (Phi) is 3.68. The number of carbonyl (C=O) groups is 1. The van der Waals surface area contributed by atoms with Crippen LogP contribution >= 0.6 is 0 Å². The summed E-state index contributed by atoms with van der Waals surface area (Å²) in [5.74, 6) is 0.584. The Labute approximate surface area is 105 Å². The molecule has 1 aliphatic heterocycles. The molecule has 0 aliphatic carbocycles. The molecule has 0 amide bonds. The summed E-state index contributed by atoms with van der Waals surface area (Å²) in [7, 11) is 0. The zero-order valence-corrected chi connectivity index (χ0v) is 10.0. The van der Waals surface area contributed by atoms with Crippen molar-refractivity contribution in [1.29, 1.82) is 5.26 Å². The minimum Gasteiger partial charge on any atom is -0.485 e. The number of benzene rings is 1. The number of para-hydroxylation sites is 1. The number of esters is 1. The van der Waals surface area contributed by atoms with Gasteiger partial charge in [0, 0.05) is 5.56 Å². The number of nitriles is 1. The highest BCUT2D eigenvalue weighted by Gasteiger charge is 2.29. The lowest BCUT2D eigenvalue weighted by atomic mass is 10.1. The molecular formula is C13H13NO4. The molecule has 2 rings (SSSR count). The van der Waals surface area contributed by atoms with Crippen LogP contribution in [0.15, 0.2) is 18.2 Å². The van der Waals surface area contributed by atoms with Crippen molar-refractivity contribution < 1.29 is 19.0 Å². The van der Waals surface area contributed by atoms with Crippen LogP contribution in [0.5, 0.6) is 11.5 Å². The average molecular weight is 247 g/mol. The molecule has 1 aromatic carbocycles. The first-order valence-corrected chi connectivity index (χ1v) is 5.71. The third-order valence-corrected chi connectivity index (χ3v) is 2.53. The van der Waals surface area contributed by atoms with Crippen molar-refractivity contribution >= 4 is 5.97 Å². The van der Waals surface area contributed by atoms with Crippen molar-refractivity contribution in [1.82, 2.24) is 0 Å². The number of nitrogens with zero attached hydrogens (tertiary/aromatic N) is 1. The second-order valence-corrected chi connectivity index (χ2v) is 3.75. The van der Waals surface area contributed by atoms with Gasteiger partial charge in [0.05, 0.1) is 19.1 Å². The summed E-state index contributed by atoms with van der Waals surface area (Å²) in [5.41, 5.74) is 0.761. The Morgan fingerprint density at radius 1 is 1.61 bits per heavy atom. The molecule has 0 saturated carbocycles. The van der Waals surface area contributed by atoms with E-state index in [4.69, 9.17) is 19.5 Å². The topological polar surface area (TPSA) is 68.5 Å². The molecule has 0 spiro atoms. The number of hydrogen-bond acceptors (Lipinski definition) is 5. The fourth-order valence-corrected chi connectivity index (χ4v) is 1.74. The van der Waals surface area contributed by atoms with E-state index in [1.54, 1.807) is 25.1 Å². The fraction of sp³-hybridized carbons (Fsp3) is 0.385. The Balaban J connectivity index is 2.18. The molecular weight excluding hydrogens is 234 g/mol. The van der Waals surface area contributed by atoms with Crippen molar-refractivity contribution in [3.8, 4) is 17.6 Å². The van der Waals surface area contributed by atoms with E-state index in [0.717, 1.165) is 5.56 Å². The zero-order valence-electron chi connectivity index (χ0n) is 10.0. The second-order valence-electron chi connectivity index (χ2n) is 3.75. The van der Waals surface area contributed by atoms with Crippen LogP contribution in [0, 0.1) is 11.3 Å². The molecule has 1 unspecified atom stereocenters. The number of carbonyl (C=O) groups excluding carboxylic acids is 1. The molecule has 5 heteroatoms. The summed E-state index contributed by atoms with van der Waals surface area (Å²) in [5, 5.41) is 8.71. The van der Waals surface area contributed by atoms with Crippen LogP contribution in [0.1, 0.15) is 12.5 Å². The first-order valence-electron chi connectivity index (χ1n) is 5.71. The summed E-state index contributed by atoms with van der Waals surface area (Å²) >= 11 is 0. The normalized spacial score (nSPS) is 16.8. The number of hydrogen-bond donors (Lipinski definition) is 0. The molecule has 0 bridgehead atoms. The summed E-state index contributed by atoms with van der Waals surface area (Å²) in [6, 6.07) is 7.34. The van der Waals surface area contributed by atoms with E-state index < -0.39 is 12.1 Å². The second kappa shape index (κ2) is 5.41. The van der Waals surface area contributed by atoms with Crippen molar-refractivity contribution in [2.24, 2.45) is 0 Å². The zero-order chi connectivity index (χ0) is 13.0. The summed E-state index contributed by atoms with van der Waals surface area (Å²) < 4.78 is 15.9. The van der Waals surface area contributed by atoms with Gasteiger partial charge >= 0.3 is 5.97 Å². The Bertz CT molecular complexity index is 492. The van der Waals surface area contributed by atoms with Gasteiger partial charge in [0.15, 0.2) is 11.5 Å². The van der Waals surface area contributed by atoms with Gasteiger partial charge in [-0.2, -0.15) is 5.26 Å². The molecule has 1 atom stereocenters. The molecule has 1 aliphatic rings. The Morgan fingerprint density at radius 3 is 3.17 bits per heavy atom. The predicted octanol–water partition coefficient (Wildman–Crippen LogP) is 1.46. The highest BCUT2D eigenvalue weighted by Crippen LogP contribution is 2.35. The average Bonchev–Trinajstić information content (AvgIpc) is 2.39. The van der Waals surface area contributed by atoms with Gasteiger partial charge in [-0.1, -0.05) is 12.1 Å². The smallest absolute Gasteiger partial charge is 0.350 e. The standard InChI is InChI=1S/C13H13NO4/c1-2-16-13(15)11-8-17-12-9(6-7-14)4-3-5-10(12)18-11/h3-5,11H,2,6,8H2,1H3. The van der Waals surface area contributed by atoms with E-state index in [1.165, 1.54) is 0 Å². The summed E-state index contributed by atoms with van der Waals surface area (Å²) in [6.45, 7) is 2.15. The van der Waals surface area contributed by atoms with Crippen LogP contribution in [0.2, 0.25) is 0 Å². The van der Waals surface area contributed by atoms with Crippen LogP contribution in [-0.4, -0.2) is 25.3 Å². The monoisotopic (exact) mass is 247 g/mol. The largest absolute Gasteiger partial charge is 0.485 e. The lowest BCUT2D eigenvalue weighted by Crippen LogP contribution is -2.38. The van der Waals surface area contributed by atoms with E-state index in [9.17, 15) is 4.79 Å². The summed E-state index contributed by atoms with van der Waals surface area (Å²) in [4.78, 5) is 11.5. The van der Waals surface area contributed by atoms with Crippen molar-refractivity contribution in [3.63, 3.8) is 0 Å². The molecule has 0 N–H and O–H groups in total. The van der Waals surface area contributed by atoms with Gasteiger partial charge in [-0.3, -0.25) is 0 Å². The minimum atomic E-state index is -0.741. The third-order valence-electron chi connectivity index (χ3n) is 2.53.